The zero-order valence-electron chi connectivity index (χ0n) is 11.9. The largest absolute Gasteiger partial charge is 0.294 e. The zero-order chi connectivity index (χ0) is 13.2. The van der Waals surface area contributed by atoms with E-state index in [0.717, 1.165) is 35.8 Å². The number of fused-ring (bicyclic) bond motifs is 1. The average Bonchev–Trinajstić information content (AvgIpc) is 2.46. The molecule has 1 heteroatoms. The van der Waals surface area contributed by atoms with Crippen LogP contribution in [0.5, 0.6) is 0 Å². The van der Waals surface area contributed by atoms with Gasteiger partial charge >= 0.3 is 0 Å². The van der Waals surface area contributed by atoms with Crippen molar-refractivity contribution >= 4 is 5.78 Å². The van der Waals surface area contributed by atoms with E-state index in [2.05, 4.69) is 13.0 Å². The van der Waals surface area contributed by atoms with Crippen LogP contribution in [0.2, 0.25) is 0 Å². The summed E-state index contributed by atoms with van der Waals surface area (Å²) in [6.07, 6.45) is 9.13. The van der Waals surface area contributed by atoms with Crippen molar-refractivity contribution in [2.24, 2.45) is 17.8 Å². The number of hydrogen-bond donors (Lipinski definition) is 0. The van der Waals surface area contributed by atoms with Gasteiger partial charge in [0.25, 0.3) is 0 Å². The molecule has 1 aromatic carbocycles. The first-order valence-electron chi connectivity index (χ1n) is 7.85. The van der Waals surface area contributed by atoms with Crippen LogP contribution in [-0.4, -0.2) is 5.78 Å². The highest BCUT2D eigenvalue weighted by Gasteiger charge is 2.35. The van der Waals surface area contributed by atoms with Crippen LogP contribution < -0.4 is 0 Å². The van der Waals surface area contributed by atoms with Crippen molar-refractivity contribution in [1.29, 1.82) is 0 Å². The molecule has 0 radical (unpaired) electrons. The predicted molar refractivity (Wildman–Crippen MR) is 78.3 cm³/mol. The Morgan fingerprint density at radius 1 is 1.00 bits per heavy atom. The van der Waals surface area contributed by atoms with Crippen molar-refractivity contribution in [1.82, 2.24) is 0 Å². The number of Topliss-reactive ketones (excluding diaryl/α,β-unsaturated/α-hetero) is 1. The van der Waals surface area contributed by atoms with Gasteiger partial charge in [0, 0.05) is 11.5 Å². The van der Waals surface area contributed by atoms with E-state index in [1.807, 2.05) is 18.2 Å². The van der Waals surface area contributed by atoms with Crippen LogP contribution in [0.3, 0.4) is 0 Å². The second kappa shape index (κ2) is 5.48. The van der Waals surface area contributed by atoms with Gasteiger partial charge in [0.15, 0.2) is 5.78 Å². The van der Waals surface area contributed by atoms with E-state index in [1.165, 1.54) is 32.1 Å². The SMILES string of the molecule is Cc1ccccc1C(=O)C1CCC2CCCCC2C1. The molecule has 19 heavy (non-hydrogen) atoms. The van der Waals surface area contributed by atoms with Crippen LogP contribution in [0.1, 0.15) is 60.9 Å². The van der Waals surface area contributed by atoms with Crippen molar-refractivity contribution in [3.63, 3.8) is 0 Å². The molecule has 1 nitrogen and oxygen atoms in total. The summed E-state index contributed by atoms with van der Waals surface area (Å²) in [7, 11) is 0. The van der Waals surface area contributed by atoms with Gasteiger partial charge in [0.2, 0.25) is 0 Å². The molecular weight excluding hydrogens is 232 g/mol. The summed E-state index contributed by atoms with van der Waals surface area (Å²) >= 11 is 0. The number of benzene rings is 1. The Kier molecular flexibility index (Phi) is 3.72. The number of ketones is 1. The quantitative estimate of drug-likeness (QED) is 0.696. The van der Waals surface area contributed by atoms with E-state index < -0.39 is 0 Å². The van der Waals surface area contributed by atoms with Crippen LogP contribution >= 0.6 is 0 Å². The topological polar surface area (TPSA) is 17.1 Å². The van der Waals surface area contributed by atoms with E-state index in [4.69, 9.17) is 0 Å². The summed E-state index contributed by atoms with van der Waals surface area (Å²) < 4.78 is 0. The number of hydrogen-bond acceptors (Lipinski definition) is 1. The molecule has 0 bridgehead atoms. The number of rotatable bonds is 2. The van der Waals surface area contributed by atoms with Crippen LogP contribution in [-0.2, 0) is 0 Å². The van der Waals surface area contributed by atoms with Crippen molar-refractivity contribution in [3.8, 4) is 0 Å². The lowest BCUT2D eigenvalue weighted by atomic mass is 9.66. The molecule has 0 spiro atoms. The van der Waals surface area contributed by atoms with Gasteiger partial charge in [-0.3, -0.25) is 4.79 Å². The molecule has 0 amide bonds. The van der Waals surface area contributed by atoms with Crippen molar-refractivity contribution < 1.29 is 4.79 Å². The van der Waals surface area contributed by atoms with E-state index in [-0.39, 0.29) is 0 Å². The highest BCUT2D eigenvalue weighted by atomic mass is 16.1. The maximum atomic E-state index is 12.7. The first kappa shape index (κ1) is 12.9. The first-order valence-corrected chi connectivity index (χ1v) is 7.85. The third-order valence-corrected chi connectivity index (χ3v) is 5.32. The monoisotopic (exact) mass is 256 g/mol. The summed E-state index contributed by atoms with van der Waals surface area (Å²) in [5, 5.41) is 0. The Bertz CT molecular complexity index is 463. The second-order valence-corrected chi connectivity index (χ2v) is 6.49. The Morgan fingerprint density at radius 3 is 2.53 bits per heavy atom. The Hall–Kier alpha value is -1.11. The maximum Gasteiger partial charge on any atom is 0.166 e. The van der Waals surface area contributed by atoms with Gasteiger partial charge in [-0.1, -0.05) is 49.9 Å². The molecule has 2 saturated carbocycles. The summed E-state index contributed by atoms with van der Waals surface area (Å²) in [5.41, 5.74) is 2.10. The maximum absolute atomic E-state index is 12.7. The third-order valence-electron chi connectivity index (χ3n) is 5.32. The van der Waals surface area contributed by atoms with Gasteiger partial charge in [-0.2, -0.15) is 0 Å². The zero-order valence-corrected chi connectivity index (χ0v) is 11.9. The highest BCUT2D eigenvalue weighted by Crippen LogP contribution is 2.43. The molecule has 2 aliphatic carbocycles. The fourth-order valence-corrected chi connectivity index (χ4v) is 4.18. The molecular formula is C18H24O. The fourth-order valence-electron chi connectivity index (χ4n) is 4.18. The summed E-state index contributed by atoms with van der Waals surface area (Å²) in [5.74, 6) is 2.46. The van der Waals surface area contributed by atoms with Gasteiger partial charge in [0.05, 0.1) is 0 Å². The van der Waals surface area contributed by atoms with Crippen LogP contribution in [0.25, 0.3) is 0 Å². The Labute approximate surface area is 116 Å². The van der Waals surface area contributed by atoms with Gasteiger partial charge in [0.1, 0.15) is 0 Å². The Morgan fingerprint density at radius 2 is 1.74 bits per heavy atom. The van der Waals surface area contributed by atoms with E-state index >= 15 is 0 Å². The minimum atomic E-state index is 0.292. The fraction of sp³-hybridized carbons (Fsp3) is 0.611. The lowest BCUT2D eigenvalue weighted by Gasteiger charge is -2.38. The average molecular weight is 256 g/mol. The van der Waals surface area contributed by atoms with Crippen LogP contribution in [0, 0.1) is 24.7 Å². The van der Waals surface area contributed by atoms with E-state index in [1.54, 1.807) is 0 Å². The minimum Gasteiger partial charge on any atom is -0.294 e. The number of carbonyl (C=O) groups is 1. The van der Waals surface area contributed by atoms with Crippen molar-refractivity contribution in [3.05, 3.63) is 35.4 Å². The number of carbonyl (C=O) groups excluding carboxylic acids is 1. The molecule has 2 aliphatic rings. The minimum absolute atomic E-state index is 0.292. The third kappa shape index (κ3) is 2.61. The smallest absolute Gasteiger partial charge is 0.166 e. The van der Waals surface area contributed by atoms with Crippen molar-refractivity contribution in [2.45, 2.75) is 51.9 Å². The molecule has 2 fully saturated rings. The van der Waals surface area contributed by atoms with Crippen LogP contribution in [0.15, 0.2) is 24.3 Å². The van der Waals surface area contributed by atoms with Crippen LogP contribution in [0.4, 0.5) is 0 Å². The molecule has 0 saturated heterocycles. The lowest BCUT2D eigenvalue weighted by Crippen LogP contribution is -2.31. The van der Waals surface area contributed by atoms with E-state index in [0.29, 0.717) is 11.7 Å². The van der Waals surface area contributed by atoms with Gasteiger partial charge < -0.3 is 0 Å². The molecule has 3 unspecified atom stereocenters. The van der Waals surface area contributed by atoms with Gasteiger partial charge in [-0.15, -0.1) is 0 Å². The second-order valence-electron chi connectivity index (χ2n) is 6.49. The Balaban J connectivity index is 1.73. The first-order chi connectivity index (χ1) is 9.25. The standard InChI is InChI=1S/C18H24O/c1-13-6-2-5-9-17(13)18(19)16-11-10-14-7-3-4-8-15(14)12-16/h2,5-6,9,14-16H,3-4,7-8,10-12H2,1H3. The highest BCUT2D eigenvalue weighted by molar-refractivity contribution is 5.99. The summed E-state index contributed by atoms with van der Waals surface area (Å²) in [6, 6.07) is 8.07. The molecule has 3 atom stereocenters. The molecule has 0 heterocycles. The van der Waals surface area contributed by atoms with Gasteiger partial charge in [-0.05, 0) is 43.6 Å². The summed E-state index contributed by atoms with van der Waals surface area (Å²) in [4.78, 5) is 12.7. The lowest BCUT2D eigenvalue weighted by molar-refractivity contribution is 0.0763. The molecule has 1 aromatic rings. The molecule has 102 valence electrons. The molecule has 3 rings (SSSR count). The van der Waals surface area contributed by atoms with E-state index in [9.17, 15) is 4.79 Å². The van der Waals surface area contributed by atoms with Gasteiger partial charge in [-0.25, -0.2) is 0 Å². The summed E-state index contributed by atoms with van der Waals surface area (Å²) in [6.45, 7) is 2.06. The normalized spacial score (nSPS) is 30.7. The molecule has 0 aromatic heterocycles. The molecule has 0 N–H and O–H groups in total. The predicted octanol–water partition coefficient (Wildman–Crippen LogP) is 4.78. The number of aryl methyl sites for hydroxylation is 1. The molecule has 0 aliphatic heterocycles. The van der Waals surface area contributed by atoms with Crippen molar-refractivity contribution in [2.75, 3.05) is 0 Å².